The van der Waals surface area contributed by atoms with E-state index in [4.69, 9.17) is 51.1 Å². The van der Waals surface area contributed by atoms with Gasteiger partial charge < -0.3 is 4.74 Å². The van der Waals surface area contributed by atoms with Crippen molar-refractivity contribution in [2.24, 2.45) is 0 Å². The molecule has 1 amide bonds. The number of carbonyl (C=O) groups excluding carboxylic acids is 1. The molecule has 0 saturated carbocycles. The second kappa shape index (κ2) is 10.9. The Bertz CT molecular complexity index is 1230. The van der Waals surface area contributed by atoms with E-state index >= 15 is 0 Å². The lowest BCUT2D eigenvalue weighted by Gasteiger charge is -2.10. The second-order valence-electron chi connectivity index (χ2n) is 6.85. The molecule has 0 heterocycles. The van der Waals surface area contributed by atoms with Crippen LogP contribution in [-0.4, -0.2) is 14.3 Å². The summed E-state index contributed by atoms with van der Waals surface area (Å²) in [4.78, 5) is 12.4. The van der Waals surface area contributed by atoms with Crippen LogP contribution in [0.3, 0.4) is 0 Å². The molecule has 0 bridgehead atoms. The summed E-state index contributed by atoms with van der Waals surface area (Å²) in [5, 5.41) is 1.66. The van der Waals surface area contributed by atoms with Gasteiger partial charge >= 0.3 is 0 Å². The average molecular weight is 533 g/mol. The molecule has 0 fully saturated rings. The van der Waals surface area contributed by atoms with Crippen molar-refractivity contribution < 1.29 is 17.9 Å². The Hall–Kier alpha value is -1.80. The molecular weight excluding hydrogens is 516 g/mol. The Labute approximate surface area is 206 Å². The smallest absolute Gasteiger partial charge is 0.264 e. The molecule has 0 radical (unpaired) electrons. The summed E-state index contributed by atoms with van der Waals surface area (Å²) in [5.74, 6) is -1.19. The molecule has 0 aliphatic rings. The molecular formula is C22H17Cl4NO4S. The molecule has 3 aromatic rings. The Morgan fingerprint density at radius 3 is 1.91 bits per heavy atom. The van der Waals surface area contributed by atoms with Gasteiger partial charge in [-0.1, -0.05) is 70.7 Å². The fourth-order valence-corrected chi connectivity index (χ4v) is 4.90. The molecule has 1 N–H and O–H groups in total. The van der Waals surface area contributed by atoms with Crippen molar-refractivity contribution >= 4 is 62.3 Å². The highest BCUT2D eigenvalue weighted by atomic mass is 35.5. The summed E-state index contributed by atoms with van der Waals surface area (Å²) in [6.07, 6.45) is 0. The van der Waals surface area contributed by atoms with Crippen molar-refractivity contribution in [3.8, 4) is 0 Å². The largest absolute Gasteiger partial charge is 0.372 e. The zero-order valence-corrected chi connectivity index (χ0v) is 20.3. The highest BCUT2D eigenvalue weighted by Gasteiger charge is 2.18. The quantitative estimate of drug-likeness (QED) is 0.370. The Morgan fingerprint density at radius 2 is 1.34 bits per heavy atom. The zero-order valence-electron chi connectivity index (χ0n) is 16.4. The number of sulfonamides is 1. The third kappa shape index (κ3) is 7.10. The molecule has 0 unspecified atom stereocenters. The third-order valence-electron chi connectivity index (χ3n) is 4.37. The van der Waals surface area contributed by atoms with Gasteiger partial charge in [0, 0.05) is 25.7 Å². The maximum absolute atomic E-state index is 12.4. The molecule has 32 heavy (non-hydrogen) atoms. The molecule has 0 aliphatic heterocycles. The molecule has 0 saturated heterocycles. The number of carbonyl (C=O) groups is 1. The number of ether oxygens (including phenoxy) is 1. The van der Waals surface area contributed by atoms with Gasteiger partial charge in [-0.2, -0.15) is 0 Å². The van der Waals surface area contributed by atoms with Crippen LogP contribution < -0.4 is 4.72 Å². The van der Waals surface area contributed by atoms with Crippen molar-refractivity contribution in [2.75, 3.05) is 0 Å². The van der Waals surface area contributed by atoms with E-state index in [-0.39, 0.29) is 17.2 Å². The summed E-state index contributed by atoms with van der Waals surface area (Å²) in [7, 11) is -3.95. The minimum atomic E-state index is -3.95. The number of halogens is 4. The summed E-state index contributed by atoms with van der Waals surface area (Å²) in [6, 6.07) is 16.0. The molecule has 168 valence electrons. The topological polar surface area (TPSA) is 72.5 Å². The fraction of sp³-hybridized carbons (Fsp3) is 0.136. The second-order valence-corrected chi connectivity index (χ2v) is 10.3. The van der Waals surface area contributed by atoms with E-state index in [0.29, 0.717) is 27.2 Å². The van der Waals surface area contributed by atoms with Crippen LogP contribution in [-0.2, 0) is 33.7 Å². The van der Waals surface area contributed by atoms with E-state index in [1.165, 1.54) is 30.3 Å². The van der Waals surface area contributed by atoms with Crippen molar-refractivity contribution in [3.05, 3.63) is 103 Å². The van der Waals surface area contributed by atoms with E-state index < -0.39 is 21.7 Å². The van der Waals surface area contributed by atoms with E-state index in [2.05, 4.69) is 0 Å². The minimum absolute atomic E-state index is 0.195. The maximum atomic E-state index is 12.4. The highest BCUT2D eigenvalue weighted by Crippen LogP contribution is 2.23. The van der Waals surface area contributed by atoms with Gasteiger partial charge in [0.25, 0.3) is 5.91 Å². The summed E-state index contributed by atoms with van der Waals surface area (Å²) >= 11 is 23.8. The Kier molecular flexibility index (Phi) is 8.44. The van der Waals surface area contributed by atoms with E-state index in [1.54, 1.807) is 30.3 Å². The summed E-state index contributed by atoms with van der Waals surface area (Å²) in [5.41, 5.74) is 2.14. The lowest BCUT2D eigenvalue weighted by Crippen LogP contribution is -2.31. The first-order chi connectivity index (χ1) is 15.1. The zero-order chi connectivity index (χ0) is 23.3. The number of hydrogen-bond acceptors (Lipinski definition) is 4. The van der Waals surface area contributed by atoms with Crippen molar-refractivity contribution in [2.45, 2.75) is 19.0 Å². The van der Waals surface area contributed by atoms with Gasteiger partial charge in [-0.25, -0.2) is 13.1 Å². The van der Waals surface area contributed by atoms with Crippen LogP contribution in [0, 0.1) is 0 Å². The Morgan fingerprint density at radius 1 is 0.781 bits per heavy atom. The predicted octanol–water partition coefficient (Wildman–Crippen LogP) is 6.28. The monoisotopic (exact) mass is 531 g/mol. The number of amides is 1. The molecule has 0 atom stereocenters. The highest BCUT2D eigenvalue weighted by molar-refractivity contribution is 7.89. The van der Waals surface area contributed by atoms with Gasteiger partial charge in [0.05, 0.1) is 19.0 Å². The molecule has 5 nitrogen and oxygen atoms in total. The molecule has 0 aromatic heterocycles. The fourth-order valence-electron chi connectivity index (χ4n) is 2.75. The molecule has 0 spiro atoms. The number of benzene rings is 3. The van der Waals surface area contributed by atoms with Crippen molar-refractivity contribution in [3.63, 3.8) is 0 Å². The van der Waals surface area contributed by atoms with Gasteiger partial charge in [-0.05, 0) is 53.1 Å². The number of hydrogen-bond donors (Lipinski definition) is 1. The predicted molar refractivity (Wildman–Crippen MR) is 128 cm³/mol. The summed E-state index contributed by atoms with van der Waals surface area (Å²) < 4.78 is 32.4. The van der Waals surface area contributed by atoms with E-state index in [1.807, 2.05) is 4.72 Å². The molecule has 10 heteroatoms. The number of rotatable bonds is 8. The van der Waals surface area contributed by atoms with Gasteiger partial charge in [0.1, 0.15) is 0 Å². The van der Waals surface area contributed by atoms with Crippen molar-refractivity contribution in [1.29, 1.82) is 0 Å². The van der Waals surface area contributed by atoms with Crippen LogP contribution in [0.1, 0.15) is 27.0 Å². The average Bonchev–Trinajstić information content (AvgIpc) is 2.72. The van der Waals surface area contributed by atoms with Crippen LogP contribution in [0.2, 0.25) is 20.1 Å². The summed E-state index contributed by atoms with van der Waals surface area (Å²) in [6.45, 7) is 0.581. The van der Waals surface area contributed by atoms with Gasteiger partial charge in [0.2, 0.25) is 10.0 Å². The van der Waals surface area contributed by atoms with Crippen LogP contribution in [0.25, 0.3) is 0 Å². The van der Waals surface area contributed by atoms with Gasteiger partial charge in [-0.15, -0.1) is 0 Å². The number of nitrogens with one attached hydrogen (secondary N) is 1. The normalized spacial score (nSPS) is 11.4. The third-order valence-corrected chi connectivity index (χ3v) is 6.73. The first kappa shape index (κ1) is 24.8. The van der Waals surface area contributed by atoms with E-state index in [9.17, 15) is 13.2 Å². The van der Waals surface area contributed by atoms with Crippen LogP contribution in [0.4, 0.5) is 0 Å². The van der Waals surface area contributed by atoms with Crippen molar-refractivity contribution in [1.82, 2.24) is 4.72 Å². The first-order valence-electron chi connectivity index (χ1n) is 9.22. The van der Waals surface area contributed by atoms with Gasteiger partial charge in [0.15, 0.2) is 0 Å². The van der Waals surface area contributed by atoms with Crippen LogP contribution >= 0.6 is 46.4 Å². The standard InChI is InChI=1S/C22H17Cl4NO4S/c23-18-7-5-16(20(25)9-18)12-31-11-14-1-3-15(4-2-14)22(28)27-32(29,30)13-17-6-8-19(24)10-21(17)26/h1-10H,11-13H2,(H,27,28). The Balaban J connectivity index is 1.56. The first-order valence-corrected chi connectivity index (χ1v) is 12.4. The SMILES string of the molecule is O=C(NS(=O)(=O)Cc1ccc(Cl)cc1Cl)c1ccc(COCc2ccc(Cl)cc2Cl)cc1. The molecule has 3 rings (SSSR count). The maximum Gasteiger partial charge on any atom is 0.264 e. The van der Waals surface area contributed by atoms with Gasteiger partial charge in [-0.3, -0.25) is 4.79 Å². The molecule has 0 aliphatic carbocycles. The molecule has 3 aromatic carbocycles. The minimum Gasteiger partial charge on any atom is -0.372 e. The lowest BCUT2D eigenvalue weighted by molar-refractivity contribution is 0.0980. The van der Waals surface area contributed by atoms with Crippen LogP contribution in [0.15, 0.2) is 60.7 Å². The lowest BCUT2D eigenvalue weighted by atomic mass is 10.1. The van der Waals surface area contributed by atoms with E-state index in [0.717, 1.165) is 11.1 Å². The van der Waals surface area contributed by atoms with Crippen LogP contribution in [0.5, 0.6) is 0 Å².